The number of furan rings is 1. The van der Waals surface area contributed by atoms with Gasteiger partial charge in [-0.25, -0.2) is 0 Å². The summed E-state index contributed by atoms with van der Waals surface area (Å²) in [5.41, 5.74) is -1.75. The molecule has 0 saturated carbocycles. The SMILES string of the molecule is C=CCCC(C(=O)OCC)(C(=O)OCC)C(CC(=O)OCC)c1ccco1. The van der Waals surface area contributed by atoms with Crippen LogP contribution in [0.1, 0.15) is 51.7 Å². The molecule has 7 heteroatoms. The van der Waals surface area contributed by atoms with Crippen LogP contribution in [0.2, 0.25) is 0 Å². The fourth-order valence-corrected chi connectivity index (χ4v) is 2.99. The second kappa shape index (κ2) is 11.2. The summed E-state index contributed by atoms with van der Waals surface area (Å²) in [7, 11) is 0. The van der Waals surface area contributed by atoms with Crippen LogP contribution in [-0.4, -0.2) is 37.7 Å². The molecule has 150 valence electrons. The van der Waals surface area contributed by atoms with Crippen LogP contribution < -0.4 is 0 Å². The topological polar surface area (TPSA) is 92.0 Å². The van der Waals surface area contributed by atoms with Crippen molar-refractivity contribution >= 4 is 17.9 Å². The van der Waals surface area contributed by atoms with E-state index >= 15 is 0 Å². The molecule has 0 N–H and O–H groups in total. The molecule has 1 unspecified atom stereocenters. The van der Waals surface area contributed by atoms with Crippen molar-refractivity contribution in [2.45, 2.75) is 46.0 Å². The Balaban J connectivity index is 3.53. The molecule has 0 spiro atoms. The van der Waals surface area contributed by atoms with Gasteiger partial charge in [0.1, 0.15) is 5.76 Å². The average Bonchev–Trinajstić information content (AvgIpc) is 3.16. The highest BCUT2D eigenvalue weighted by Gasteiger charge is 2.56. The van der Waals surface area contributed by atoms with Gasteiger partial charge in [-0.15, -0.1) is 6.58 Å². The zero-order valence-electron chi connectivity index (χ0n) is 16.2. The highest BCUT2D eigenvalue weighted by Crippen LogP contribution is 2.45. The molecule has 0 radical (unpaired) electrons. The summed E-state index contributed by atoms with van der Waals surface area (Å²) in [6.07, 6.45) is 3.20. The van der Waals surface area contributed by atoms with Crippen LogP contribution in [0.3, 0.4) is 0 Å². The summed E-state index contributed by atoms with van der Waals surface area (Å²) in [5, 5.41) is 0. The lowest BCUT2D eigenvalue weighted by molar-refractivity contribution is -0.176. The molecule has 1 atom stereocenters. The van der Waals surface area contributed by atoms with E-state index < -0.39 is 29.2 Å². The smallest absolute Gasteiger partial charge is 0.324 e. The molecular formula is C20H28O7. The fraction of sp³-hybridized carbons (Fsp3) is 0.550. The molecule has 1 heterocycles. The molecular weight excluding hydrogens is 352 g/mol. The van der Waals surface area contributed by atoms with E-state index in [0.29, 0.717) is 12.2 Å². The average molecular weight is 380 g/mol. The third kappa shape index (κ3) is 5.45. The molecule has 0 aliphatic carbocycles. The van der Waals surface area contributed by atoms with E-state index in [9.17, 15) is 14.4 Å². The lowest BCUT2D eigenvalue weighted by Gasteiger charge is -2.34. The minimum atomic E-state index is -1.75. The summed E-state index contributed by atoms with van der Waals surface area (Å²) in [6.45, 7) is 8.99. The number of hydrogen-bond donors (Lipinski definition) is 0. The van der Waals surface area contributed by atoms with E-state index in [1.807, 2.05) is 0 Å². The summed E-state index contributed by atoms with van der Waals surface area (Å²) < 4.78 is 21.0. The van der Waals surface area contributed by atoms with E-state index in [1.54, 1.807) is 39.0 Å². The predicted molar refractivity (Wildman–Crippen MR) is 97.8 cm³/mol. The van der Waals surface area contributed by atoms with E-state index in [2.05, 4.69) is 6.58 Å². The van der Waals surface area contributed by atoms with Crippen molar-refractivity contribution in [3.8, 4) is 0 Å². The predicted octanol–water partition coefficient (Wildman–Crippen LogP) is 3.40. The Morgan fingerprint density at radius 3 is 2.15 bits per heavy atom. The van der Waals surface area contributed by atoms with Crippen molar-refractivity contribution in [2.75, 3.05) is 19.8 Å². The minimum absolute atomic E-state index is 0.0684. The van der Waals surface area contributed by atoms with Crippen LogP contribution in [0.25, 0.3) is 0 Å². The number of ether oxygens (including phenoxy) is 3. The summed E-state index contributed by atoms with van der Waals surface area (Å²) in [6, 6.07) is 3.24. The summed E-state index contributed by atoms with van der Waals surface area (Å²) in [5.74, 6) is -2.67. The third-order valence-corrected chi connectivity index (χ3v) is 4.18. The fourth-order valence-electron chi connectivity index (χ4n) is 2.99. The monoisotopic (exact) mass is 380 g/mol. The minimum Gasteiger partial charge on any atom is -0.469 e. The van der Waals surface area contributed by atoms with Gasteiger partial charge >= 0.3 is 17.9 Å². The highest BCUT2D eigenvalue weighted by atomic mass is 16.6. The van der Waals surface area contributed by atoms with Crippen LogP contribution in [0.15, 0.2) is 35.5 Å². The largest absolute Gasteiger partial charge is 0.469 e. The molecule has 1 rings (SSSR count). The number of carbonyl (C=O) groups is 3. The van der Waals surface area contributed by atoms with Crippen LogP contribution in [0, 0.1) is 5.41 Å². The Morgan fingerprint density at radius 2 is 1.70 bits per heavy atom. The van der Waals surface area contributed by atoms with E-state index in [4.69, 9.17) is 18.6 Å². The lowest BCUT2D eigenvalue weighted by Crippen LogP contribution is -2.47. The first-order chi connectivity index (χ1) is 13.0. The van der Waals surface area contributed by atoms with Gasteiger partial charge in [0, 0.05) is 0 Å². The highest BCUT2D eigenvalue weighted by molar-refractivity contribution is 6.01. The van der Waals surface area contributed by atoms with Gasteiger partial charge in [0.2, 0.25) is 0 Å². The zero-order chi connectivity index (χ0) is 20.3. The molecule has 0 bridgehead atoms. The first kappa shape index (κ1) is 22.5. The van der Waals surface area contributed by atoms with Crippen LogP contribution >= 0.6 is 0 Å². The number of esters is 3. The van der Waals surface area contributed by atoms with Crippen molar-refractivity contribution in [1.82, 2.24) is 0 Å². The van der Waals surface area contributed by atoms with Crippen molar-refractivity contribution < 1.29 is 33.0 Å². The first-order valence-corrected chi connectivity index (χ1v) is 9.12. The molecule has 1 aromatic rings. The Bertz CT molecular complexity index is 600. The van der Waals surface area contributed by atoms with E-state index in [-0.39, 0.29) is 32.7 Å². The summed E-state index contributed by atoms with van der Waals surface area (Å²) >= 11 is 0. The molecule has 0 amide bonds. The Hall–Kier alpha value is -2.57. The van der Waals surface area contributed by atoms with Crippen molar-refractivity contribution in [2.24, 2.45) is 5.41 Å². The molecule has 0 aliphatic rings. The second-order valence-corrected chi connectivity index (χ2v) is 5.82. The number of rotatable bonds is 12. The maximum absolute atomic E-state index is 13.0. The van der Waals surface area contributed by atoms with Gasteiger partial charge < -0.3 is 18.6 Å². The molecule has 1 aromatic heterocycles. The quantitative estimate of drug-likeness (QED) is 0.237. The van der Waals surface area contributed by atoms with Gasteiger partial charge in [-0.2, -0.15) is 0 Å². The van der Waals surface area contributed by atoms with Crippen molar-refractivity contribution in [3.05, 3.63) is 36.8 Å². The first-order valence-electron chi connectivity index (χ1n) is 9.12. The number of allylic oxidation sites excluding steroid dienone is 1. The van der Waals surface area contributed by atoms with Crippen molar-refractivity contribution in [3.63, 3.8) is 0 Å². The number of hydrogen-bond acceptors (Lipinski definition) is 7. The van der Waals surface area contributed by atoms with Crippen LogP contribution in [0.4, 0.5) is 0 Å². The maximum atomic E-state index is 13.0. The van der Waals surface area contributed by atoms with Gasteiger partial charge in [-0.3, -0.25) is 14.4 Å². The Labute approximate surface area is 159 Å². The van der Waals surface area contributed by atoms with Gasteiger partial charge in [0.05, 0.1) is 38.4 Å². The van der Waals surface area contributed by atoms with Gasteiger partial charge in [0.25, 0.3) is 0 Å². The molecule has 0 saturated heterocycles. The third-order valence-electron chi connectivity index (χ3n) is 4.18. The summed E-state index contributed by atoms with van der Waals surface area (Å²) in [4.78, 5) is 38.3. The van der Waals surface area contributed by atoms with E-state index in [1.165, 1.54) is 6.26 Å². The molecule has 27 heavy (non-hydrogen) atoms. The molecule has 0 aliphatic heterocycles. The molecule has 0 fully saturated rings. The zero-order valence-corrected chi connectivity index (χ0v) is 16.2. The number of carbonyl (C=O) groups excluding carboxylic acids is 3. The standard InChI is InChI=1S/C20H28O7/c1-5-9-12-20(18(22)25-7-3,19(23)26-8-4)15(14-17(21)24-6-2)16-11-10-13-27-16/h5,10-11,13,15H,1,6-9,12,14H2,2-4H3. The molecule has 0 aromatic carbocycles. The second-order valence-electron chi connectivity index (χ2n) is 5.82. The van der Waals surface area contributed by atoms with Crippen molar-refractivity contribution in [1.29, 1.82) is 0 Å². The molecule has 7 nitrogen and oxygen atoms in total. The normalized spacial score (nSPS) is 12.1. The van der Waals surface area contributed by atoms with Crippen LogP contribution in [0.5, 0.6) is 0 Å². The maximum Gasteiger partial charge on any atom is 0.324 e. The van der Waals surface area contributed by atoms with Gasteiger partial charge in [0.15, 0.2) is 5.41 Å². The lowest BCUT2D eigenvalue weighted by atomic mass is 9.69. The Morgan fingerprint density at radius 1 is 1.11 bits per heavy atom. The van der Waals surface area contributed by atoms with Gasteiger partial charge in [-0.05, 0) is 45.7 Å². The van der Waals surface area contributed by atoms with Crippen LogP contribution in [-0.2, 0) is 28.6 Å². The van der Waals surface area contributed by atoms with E-state index in [0.717, 1.165) is 0 Å². The Kier molecular flexibility index (Phi) is 9.33. The van der Waals surface area contributed by atoms with Gasteiger partial charge in [-0.1, -0.05) is 6.08 Å².